The van der Waals surface area contributed by atoms with Gasteiger partial charge in [0.15, 0.2) is 5.82 Å². The normalized spacial score (nSPS) is 13.2. The molecule has 0 fully saturated rings. The second kappa shape index (κ2) is 5.82. The number of pyridine rings is 1. The lowest BCUT2D eigenvalue weighted by atomic mass is 10.2. The Morgan fingerprint density at radius 2 is 1.88 bits per heavy atom. The average Bonchev–Trinajstić information content (AvgIpc) is 3.21. The van der Waals surface area contributed by atoms with Gasteiger partial charge < -0.3 is 9.26 Å². The van der Waals surface area contributed by atoms with Crippen molar-refractivity contribution in [2.24, 2.45) is 0 Å². The first-order valence-electron chi connectivity index (χ1n) is 7.46. The van der Waals surface area contributed by atoms with Gasteiger partial charge in [0.2, 0.25) is 0 Å². The number of amides is 2. The molecule has 0 unspecified atom stereocenters. The Labute approximate surface area is 142 Å². The third-order valence-corrected chi connectivity index (χ3v) is 3.84. The van der Waals surface area contributed by atoms with Gasteiger partial charge in [-0.25, -0.2) is 0 Å². The number of nitrogens with zero attached hydrogens (tertiary/aromatic N) is 4. The number of ether oxygens (including phenoxy) is 1. The molecule has 8 nitrogen and oxygen atoms in total. The van der Waals surface area contributed by atoms with Gasteiger partial charge in [0.1, 0.15) is 11.4 Å². The molecule has 2 amide bonds. The number of aromatic nitrogens is 3. The Kier molecular flexibility index (Phi) is 3.50. The van der Waals surface area contributed by atoms with Crippen LogP contribution in [0.5, 0.6) is 5.75 Å². The van der Waals surface area contributed by atoms with Crippen molar-refractivity contribution >= 4 is 11.8 Å². The predicted octanol–water partition coefficient (Wildman–Crippen LogP) is 1.94. The first-order chi connectivity index (χ1) is 12.2. The number of rotatable bonds is 4. The van der Waals surface area contributed by atoms with Gasteiger partial charge in [-0.3, -0.25) is 19.5 Å². The topological polar surface area (TPSA) is 98.4 Å². The molecule has 0 saturated carbocycles. The van der Waals surface area contributed by atoms with E-state index < -0.39 is 11.8 Å². The molecular formula is C17H12N4O4. The van der Waals surface area contributed by atoms with Gasteiger partial charge in [0.05, 0.1) is 24.8 Å². The molecule has 1 aliphatic heterocycles. The molecular weight excluding hydrogens is 324 g/mol. The maximum absolute atomic E-state index is 12.3. The zero-order chi connectivity index (χ0) is 17.4. The third-order valence-electron chi connectivity index (χ3n) is 3.84. The van der Waals surface area contributed by atoms with Crippen molar-refractivity contribution in [3.63, 3.8) is 0 Å². The highest BCUT2D eigenvalue weighted by atomic mass is 16.5. The van der Waals surface area contributed by atoms with E-state index in [1.54, 1.807) is 31.4 Å². The number of hydrogen-bond donors (Lipinski definition) is 0. The number of methoxy groups -OCH3 is 1. The van der Waals surface area contributed by atoms with Gasteiger partial charge in [-0.05, 0) is 24.3 Å². The highest BCUT2D eigenvalue weighted by Gasteiger charge is 2.37. The Bertz CT molecular complexity index is 947. The summed E-state index contributed by atoms with van der Waals surface area (Å²) in [6, 6.07) is 10.4. The molecule has 1 aliphatic rings. The van der Waals surface area contributed by atoms with Crippen LogP contribution in [0.15, 0.2) is 47.1 Å². The molecule has 0 bridgehead atoms. The molecule has 25 heavy (non-hydrogen) atoms. The zero-order valence-electron chi connectivity index (χ0n) is 13.2. The van der Waals surface area contributed by atoms with Gasteiger partial charge in [-0.2, -0.15) is 4.98 Å². The fourth-order valence-electron chi connectivity index (χ4n) is 2.65. The first-order valence-corrected chi connectivity index (χ1v) is 7.46. The van der Waals surface area contributed by atoms with Gasteiger partial charge in [0, 0.05) is 6.20 Å². The van der Waals surface area contributed by atoms with E-state index in [4.69, 9.17) is 9.26 Å². The molecule has 0 saturated heterocycles. The lowest BCUT2D eigenvalue weighted by Gasteiger charge is -2.09. The standard InChI is InChI=1S/C17H12N4O4/c1-24-12-7-3-2-5-10(12)15-19-13(20-25-15)9-21-16(22)11-6-4-8-18-14(11)17(21)23/h2-8H,9H2,1H3. The van der Waals surface area contributed by atoms with Crippen LogP contribution in [0, 0.1) is 0 Å². The number of fused-ring (bicyclic) bond motifs is 1. The molecule has 0 atom stereocenters. The Morgan fingerprint density at radius 1 is 1.08 bits per heavy atom. The Balaban J connectivity index is 1.61. The van der Waals surface area contributed by atoms with E-state index >= 15 is 0 Å². The molecule has 3 heterocycles. The van der Waals surface area contributed by atoms with Crippen LogP contribution >= 0.6 is 0 Å². The minimum absolute atomic E-state index is 0.0906. The van der Waals surface area contributed by atoms with Gasteiger partial charge in [-0.1, -0.05) is 17.3 Å². The minimum atomic E-state index is -0.468. The molecule has 1 aromatic carbocycles. The third kappa shape index (κ3) is 2.44. The van der Waals surface area contributed by atoms with Crippen molar-refractivity contribution in [2.45, 2.75) is 6.54 Å². The summed E-state index contributed by atoms with van der Waals surface area (Å²) in [5.74, 6) is 0.168. The van der Waals surface area contributed by atoms with Crippen LogP contribution in [-0.4, -0.2) is 38.9 Å². The number of hydrogen-bond acceptors (Lipinski definition) is 7. The second-order valence-electron chi connectivity index (χ2n) is 5.31. The second-order valence-corrected chi connectivity index (χ2v) is 5.31. The highest BCUT2D eigenvalue weighted by Crippen LogP contribution is 2.28. The van der Waals surface area contributed by atoms with E-state index in [9.17, 15) is 9.59 Å². The first kappa shape index (κ1) is 15.0. The lowest BCUT2D eigenvalue weighted by Crippen LogP contribution is -2.29. The molecule has 0 N–H and O–H groups in total. The minimum Gasteiger partial charge on any atom is -0.496 e. The summed E-state index contributed by atoms with van der Waals surface area (Å²) >= 11 is 0. The van der Waals surface area contributed by atoms with Crippen molar-refractivity contribution in [3.8, 4) is 17.2 Å². The maximum atomic E-state index is 12.3. The Hall–Kier alpha value is -3.55. The summed E-state index contributed by atoms with van der Waals surface area (Å²) in [5.41, 5.74) is 1.05. The van der Waals surface area contributed by atoms with Crippen LogP contribution in [0.3, 0.4) is 0 Å². The lowest BCUT2D eigenvalue weighted by molar-refractivity contribution is 0.0635. The fraction of sp³-hybridized carbons (Fsp3) is 0.118. The van der Waals surface area contributed by atoms with Crippen LogP contribution in [0.25, 0.3) is 11.5 Å². The van der Waals surface area contributed by atoms with Crippen molar-refractivity contribution in [3.05, 3.63) is 59.7 Å². The van der Waals surface area contributed by atoms with E-state index in [2.05, 4.69) is 15.1 Å². The summed E-state index contributed by atoms with van der Waals surface area (Å²) in [5, 5.41) is 3.85. The number of para-hydroxylation sites is 1. The van der Waals surface area contributed by atoms with E-state index in [-0.39, 0.29) is 29.5 Å². The number of carbonyl (C=O) groups excluding carboxylic acids is 2. The molecule has 0 aliphatic carbocycles. The van der Waals surface area contributed by atoms with Gasteiger partial charge in [-0.15, -0.1) is 0 Å². The smallest absolute Gasteiger partial charge is 0.280 e. The van der Waals surface area contributed by atoms with Gasteiger partial charge >= 0.3 is 0 Å². The van der Waals surface area contributed by atoms with Crippen molar-refractivity contribution in [1.29, 1.82) is 0 Å². The molecule has 3 aromatic rings. The van der Waals surface area contributed by atoms with Crippen LogP contribution in [-0.2, 0) is 6.54 Å². The summed E-state index contributed by atoms with van der Waals surface area (Å²) in [7, 11) is 1.54. The number of imide groups is 1. The predicted molar refractivity (Wildman–Crippen MR) is 84.7 cm³/mol. The molecule has 8 heteroatoms. The quantitative estimate of drug-likeness (QED) is 0.671. The summed E-state index contributed by atoms with van der Waals surface area (Å²) < 4.78 is 10.5. The average molecular weight is 336 g/mol. The van der Waals surface area contributed by atoms with E-state index in [0.29, 0.717) is 11.3 Å². The number of benzene rings is 1. The van der Waals surface area contributed by atoms with Crippen LogP contribution in [0.4, 0.5) is 0 Å². The molecule has 2 aromatic heterocycles. The summed E-state index contributed by atoms with van der Waals surface area (Å²) in [6.07, 6.45) is 1.47. The molecule has 0 spiro atoms. The van der Waals surface area contributed by atoms with Crippen molar-refractivity contribution in [2.75, 3.05) is 7.11 Å². The summed E-state index contributed by atoms with van der Waals surface area (Å²) in [4.78, 5) is 33.9. The molecule has 4 rings (SSSR count). The van der Waals surface area contributed by atoms with E-state index in [1.807, 2.05) is 12.1 Å². The zero-order valence-corrected chi connectivity index (χ0v) is 13.2. The maximum Gasteiger partial charge on any atom is 0.280 e. The van der Waals surface area contributed by atoms with Crippen molar-refractivity contribution < 1.29 is 18.8 Å². The highest BCUT2D eigenvalue weighted by molar-refractivity contribution is 6.20. The molecule has 124 valence electrons. The van der Waals surface area contributed by atoms with Gasteiger partial charge in [0.25, 0.3) is 17.7 Å². The summed E-state index contributed by atoms with van der Waals surface area (Å²) in [6.45, 7) is -0.0906. The van der Waals surface area contributed by atoms with Crippen molar-refractivity contribution in [1.82, 2.24) is 20.0 Å². The van der Waals surface area contributed by atoms with E-state index in [1.165, 1.54) is 6.20 Å². The molecule has 0 radical (unpaired) electrons. The van der Waals surface area contributed by atoms with Crippen LogP contribution in [0.2, 0.25) is 0 Å². The van der Waals surface area contributed by atoms with Crippen LogP contribution in [0.1, 0.15) is 26.7 Å². The largest absolute Gasteiger partial charge is 0.496 e. The van der Waals surface area contributed by atoms with E-state index in [0.717, 1.165) is 4.90 Å². The number of carbonyl (C=O) groups is 2. The fourth-order valence-corrected chi connectivity index (χ4v) is 2.65. The Morgan fingerprint density at radius 3 is 2.68 bits per heavy atom. The van der Waals surface area contributed by atoms with Crippen LogP contribution < -0.4 is 4.74 Å². The SMILES string of the molecule is COc1ccccc1-c1nc(CN2C(=O)c3cccnc3C2=O)no1. The monoisotopic (exact) mass is 336 g/mol.